The van der Waals surface area contributed by atoms with Crippen LogP contribution >= 0.6 is 0 Å². The molecule has 0 atom stereocenters. The molecule has 0 fully saturated rings. The van der Waals surface area contributed by atoms with Gasteiger partial charge in [-0.2, -0.15) is 0 Å². The fourth-order valence-corrected chi connectivity index (χ4v) is 1.29. The van der Waals surface area contributed by atoms with Crippen LogP contribution in [0.1, 0.15) is 16.8 Å². The number of aromatic hydroxyl groups is 1. The van der Waals surface area contributed by atoms with Crippen LogP contribution in [0.4, 0.5) is 0 Å². The zero-order valence-corrected chi connectivity index (χ0v) is 9.06. The van der Waals surface area contributed by atoms with E-state index in [1.54, 1.807) is 12.1 Å². The van der Waals surface area contributed by atoms with Crippen LogP contribution in [-0.4, -0.2) is 36.4 Å². The minimum atomic E-state index is -0.414. The van der Waals surface area contributed by atoms with E-state index in [1.807, 2.05) is 0 Å². The van der Waals surface area contributed by atoms with Crippen molar-refractivity contribution in [3.63, 3.8) is 0 Å². The first-order chi connectivity index (χ1) is 7.70. The van der Waals surface area contributed by atoms with Gasteiger partial charge in [0.2, 0.25) is 0 Å². The molecule has 5 nitrogen and oxygen atoms in total. The molecule has 0 saturated carbocycles. The Balaban J connectivity index is 2.81. The summed E-state index contributed by atoms with van der Waals surface area (Å²) < 4.78 is 4.98. The highest BCUT2D eigenvalue weighted by molar-refractivity contribution is 5.99. The predicted molar refractivity (Wildman–Crippen MR) is 58.7 cm³/mol. The topological polar surface area (TPSA) is 78.8 Å². The summed E-state index contributed by atoms with van der Waals surface area (Å²) in [5, 5.41) is 20.7. The van der Waals surface area contributed by atoms with Crippen molar-refractivity contribution in [2.45, 2.75) is 6.42 Å². The van der Waals surface area contributed by atoms with Crippen LogP contribution in [0.25, 0.3) is 0 Å². The van der Waals surface area contributed by atoms with Gasteiger partial charge in [0.15, 0.2) is 0 Å². The third-order valence-electron chi connectivity index (χ3n) is 2.07. The monoisotopic (exact) mass is 225 g/mol. The third-order valence-corrected chi connectivity index (χ3v) is 2.07. The van der Waals surface area contributed by atoms with Crippen molar-refractivity contribution in [2.24, 2.45) is 0 Å². The molecule has 1 amide bonds. The van der Waals surface area contributed by atoms with Gasteiger partial charge in [-0.25, -0.2) is 0 Å². The van der Waals surface area contributed by atoms with Gasteiger partial charge in [-0.05, 0) is 18.6 Å². The molecule has 1 rings (SSSR count). The second kappa shape index (κ2) is 5.97. The highest BCUT2D eigenvalue weighted by Gasteiger charge is 2.16. The van der Waals surface area contributed by atoms with E-state index >= 15 is 0 Å². The summed E-state index contributed by atoms with van der Waals surface area (Å²) in [6, 6.07) is 4.61. The maximum Gasteiger partial charge on any atom is 0.258 e. The van der Waals surface area contributed by atoms with E-state index in [1.165, 1.54) is 13.2 Å². The van der Waals surface area contributed by atoms with E-state index in [0.29, 0.717) is 18.7 Å². The number of methoxy groups -OCH3 is 1. The molecule has 1 aromatic rings. The Kier molecular flexibility index (Phi) is 4.60. The minimum absolute atomic E-state index is 0.0121. The Morgan fingerprint density at radius 1 is 1.50 bits per heavy atom. The van der Waals surface area contributed by atoms with Gasteiger partial charge in [-0.15, -0.1) is 0 Å². The number of ether oxygens (including phenoxy) is 1. The molecule has 0 aliphatic carbocycles. The molecular weight excluding hydrogens is 210 g/mol. The Morgan fingerprint density at radius 3 is 2.88 bits per heavy atom. The number of hydrogen-bond acceptors (Lipinski definition) is 4. The van der Waals surface area contributed by atoms with Crippen molar-refractivity contribution in [3.05, 3.63) is 23.8 Å². The van der Waals surface area contributed by atoms with Crippen molar-refractivity contribution in [3.8, 4) is 11.5 Å². The number of benzene rings is 1. The predicted octanol–water partition coefficient (Wildman–Crippen LogP) is 0.513. The number of carbonyl (C=O) groups is 1. The SMILES string of the molecule is COc1cccc(O)c1C(=O)NCCCO. The number of rotatable bonds is 5. The van der Waals surface area contributed by atoms with Crippen LogP contribution in [0.5, 0.6) is 11.5 Å². The molecule has 3 N–H and O–H groups in total. The van der Waals surface area contributed by atoms with Gasteiger partial charge in [0, 0.05) is 13.2 Å². The van der Waals surface area contributed by atoms with Crippen LogP contribution in [0.2, 0.25) is 0 Å². The fourth-order valence-electron chi connectivity index (χ4n) is 1.29. The Labute approximate surface area is 93.7 Å². The molecule has 0 bridgehead atoms. The number of aliphatic hydroxyl groups excluding tert-OH is 1. The van der Waals surface area contributed by atoms with Crippen LogP contribution in [0.15, 0.2) is 18.2 Å². The van der Waals surface area contributed by atoms with Crippen molar-refractivity contribution < 1.29 is 19.7 Å². The minimum Gasteiger partial charge on any atom is -0.507 e. The van der Waals surface area contributed by atoms with Crippen molar-refractivity contribution in [1.29, 1.82) is 0 Å². The van der Waals surface area contributed by atoms with Crippen LogP contribution in [0, 0.1) is 0 Å². The zero-order chi connectivity index (χ0) is 12.0. The first-order valence-corrected chi connectivity index (χ1v) is 4.95. The van der Waals surface area contributed by atoms with Crippen molar-refractivity contribution in [2.75, 3.05) is 20.3 Å². The zero-order valence-electron chi connectivity index (χ0n) is 9.06. The normalized spacial score (nSPS) is 9.88. The largest absolute Gasteiger partial charge is 0.507 e. The Morgan fingerprint density at radius 2 is 2.25 bits per heavy atom. The first kappa shape index (κ1) is 12.3. The number of carbonyl (C=O) groups excluding carboxylic acids is 1. The Hall–Kier alpha value is -1.75. The highest BCUT2D eigenvalue weighted by Crippen LogP contribution is 2.26. The summed E-state index contributed by atoms with van der Waals surface area (Å²) in [6.07, 6.45) is 0.474. The van der Waals surface area contributed by atoms with E-state index in [-0.39, 0.29) is 17.9 Å². The number of aliphatic hydroxyl groups is 1. The molecular formula is C11H15NO4. The van der Waals surface area contributed by atoms with Crippen LogP contribution in [-0.2, 0) is 0 Å². The lowest BCUT2D eigenvalue weighted by atomic mass is 10.1. The second-order valence-corrected chi connectivity index (χ2v) is 3.19. The van der Waals surface area contributed by atoms with E-state index in [2.05, 4.69) is 5.32 Å². The van der Waals surface area contributed by atoms with E-state index in [0.717, 1.165) is 0 Å². The molecule has 1 aromatic carbocycles. The van der Waals surface area contributed by atoms with Gasteiger partial charge < -0.3 is 20.3 Å². The molecule has 0 aliphatic heterocycles. The third kappa shape index (κ3) is 2.87. The molecule has 5 heteroatoms. The van der Waals surface area contributed by atoms with E-state index in [9.17, 15) is 9.90 Å². The summed E-state index contributed by atoms with van der Waals surface area (Å²) >= 11 is 0. The number of amides is 1. The molecule has 0 saturated heterocycles. The van der Waals surface area contributed by atoms with E-state index in [4.69, 9.17) is 9.84 Å². The maximum atomic E-state index is 11.7. The second-order valence-electron chi connectivity index (χ2n) is 3.19. The number of phenols is 1. The standard InChI is InChI=1S/C11H15NO4/c1-16-9-5-2-4-8(14)10(9)11(15)12-6-3-7-13/h2,4-5,13-14H,3,6-7H2,1H3,(H,12,15). The van der Waals surface area contributed by atoms with Gasteiger partial charge in [0.05, 0.1) is 7.11 Å². The summed E-state index contributed by atoms with van der Waals surface area (Å²) in [6.45, 7) is 0.366. The van der Waals surface area contributed by atoms with Crippen molar-refractivity contribution >= 4 is 5.91 Å². The van der Waals surface area contributed by atoms with Crippen molar-refractivity contribution in [1.82, 2.24) is 5.32 Å². The lowest BCUT2D eigenvalue weighted by molar-refractivity contribution is 0.0945. The lowest BCUT2D eigenvalue weighted by Crippen LogP contribution is -2.25. The number of nitrogens with one attached hydrogen (secondary N) is 1. The first-order valence-electron chi connectivity index (χ1n) is 4.95. The van der Waals surface area contributed by atoms with Gasteiger partial charge in [0.1, 0.15) is 17.1 Å². The maximum absolute atomic E-state index is 11.7. The number of phenolic OH excluding ortho intramolecular Hbond substituents is 1. The quantitative estimate of drug-likeness (QED) is 0.638. The van der Waals surface area contributed by atoms with Gasteiger partial charge >= 0.3 is 0 Å². The highest BCUT2D eigenvalue weighted by atomic mass is 16.5. The van der Waals surface area contributed by atoms with Gasteiger partial charge in [-0.3, -0.25) is 4.79 Å². The molecule has 0 heterocycles. The summed E-state index contributed by atoms with van der Waals surface area (Å²) in [5.74, 6) is -0.217. The number of hydrogen-bond donors (Lipinski definition) is 3. The fraction of sp³-hybridized carbons (Fsp3) is 0.364. The molecule has 16 heavy (non-hydrogen) atoms. The average Bonchev–Trinajstić information content (AvgIpc) is 2.28. The Bertz CT molecular complexity index is 365. The summed E-state index contributed by atoms with van der Waals surface area (Å²) in [7, 11) is 1.43. The van der Waals surface area contributed by atoms with E-state index < -0.39 is 5.91 Å². The van der Waals surface area contributed by atoms with Gasteiger partial charge in [0.25, 0.3) is 5.91 Å². The molecule has 0 aromatic heterocycles. The van der Waals surface area contributed by atoms with Crippen LogP contribution < -0.4 is 10.1 Å². The van der Waals surface area contributed by atoms with Crippen LogP contribution in [0.3, 0.4) is 0 Å². The smallest absolute Gasteiger partial charge is 0.258 e. The molecule has 0 spiro atoms. The molecule has 88 valence electrons. The molecule has 0 radical (unpaired) electrons. The van der Waals surface area contributed by atoms with Gasteiger partial charge in [-0.1, -0.05) is 6.07 Å². The average molecular weight is 225 g/mol. The molecule has 0 aliphatic rings. The molecule has 0 unspecified atom stereocenters. The lowest BCUT2D eigenvalue weighted by Gasteiger charge is -2.10. The summed E-state index contributed by atoms with van der Waals surface area (Å²) in [4.78, 5) is 11.7. The summed E-state index contributed by atoms with van der Waals surface area (Å²) in [5.41, 5.74) is 0.114.